The fourth-order valence-corrected chi connectivity index (χ4v) is 0. The van der Waals surface area contributed by atoms with Gasteiger partial charge in [0.1, 0.15) is 4.29 Å². The molecule has 0 spiro atoms. The van der Waals surface area contributed by atoms with E-state index in [0.29, 0.717) is 0 Å². The van der Waals surface area contributed by atoms with Crippen LogP contribution >= 0.6 is 43.5 Å². The van der Waals surface area contributed by atoms with Crippen LogP contribution < -0.4 is 0 Å². The van der Waals surface area contributed by atoms with Crippen LogP contribution in [0.5, 0.6) is 0 Å². The first kappa shape index (κ1) is 8.18. The van der Waals surface area contributed by atoms with Gasteiger partial charge in [0.2, 0.25) is 0 Å². The lowest BCUT2D eigenvalue weighted by Gasteiger charge is -2.11. The van der Waals surface area contributed by atoms with Gasteiger partial charge in [-0.15, -0.1) is 11.6 Å². The van der Waals surface area contributed by atoms with E-state index >= 15 is 0 Å². The molecule has 0 fully saturated rings. The molecule has 0 aromatic carbocycles. The highest BCUT2D eigenvalue weighted by molar-refractivity contribution is 9.12. The summed E-state index contributed by atoms with van der Waals surface area (Å²) in [4.78, 5) is 0. The third-order valence-corrected chi connectivity index (χ3v) is 2.99. The number of hydrogen-bond donors (Lipinski definition) is 0. The van der Waals surface area contributed by atoms with Gasteiger partial charge in [0, 0.05) is 0 Å². The van der Waals surface area contributed by atoms with Crippen molar-refractivity contribution >= 4 is 43.5 Å². The molecule has 0 aliphatic heterocycles. The predicted octanol–water partition coefficient (Wildman–Crippen LogP) is 3.03. The first-order valence-electron chi connectivity index (χ1n) is 1.60. The highest BCUT2D eigenvalue weighted by Crippen LogP contribution is 2.31. The fraction of sp³-hybridized carbons (Fsp3) is 1.00. The van der Waals surface area contributed by atoms with E-state index in [9.17, 15) is 4.39 Å². The van der Waals surface area contributed by atoms with E-state index < -0.39 is 8.86 Å². The van der Waals surface area contributed by atoms with Crippen LogP contribution in [0.2, 0.25) is 0 Å². The Balaban J connectivity index is 3.54. The summed E-state index contributed by atoms with van der Waals surface area (Å²) >= 11 is 10.8. The SMILES string of the molecule is C[C@](F)(Br)[C@@H](Cl)Br. The van der Waals surface area contributed by atoms with Crippen LogP contribution in [0.4, 0.5) is 4.39 Å². The van der Waals surface area contributed by atoms with E-state index in [1.807, 2.05) is 0 Å². The van der Waals surface area contributed by atoms with Gasteiger partial charge in [-0.2, -0.15) is 0 Å². The zero-order chi connectivity index (χ0) is 6.08. The molecule has 0 rings (SSSR count). The summed E-state index contributed by atoms with van der Waals surface area (Å²) < 4.78 is 10.1. The van der Waals surface area contributed by atoms with Gasteiger partial charge in [-0.1, -0.05) is 15.9 Å². The van der Waals surface area contributed by atoms with E-state index in [1.165, 1.54) is 6.92 Å². The van der Waals surface area contributed by atoms with Gasteiger partial charge >= 0.3 is 0 Å². The van der Waals surface area contributed by atoms with Gasteiger partial charge in [0.15, 0.2) is 4.58 Å². The van der Waals surface area contributed by atoms with Crippen molar-refractivity contribution in [3.8, 4) is 0 Å². The summed E-state index contributed by atoms with van der Waals surface area (Å²) in [6.45, 7) is 1.33. The third-order valence-electron chi connectivity index (χ3n) is 0.383. The fourth-order valence-electron chi connectivity index (χ4n) is 0. The second kappa shape index (κ2) is 2.65. The van der Waals surface area contributed by atoms with Crippen molar-refractivity contribution in [3.05, 3.63) is 0 Å². The molecule has 0 radical (unpaired) electrons. The topological polar surface area (TPSA) is 0 Å². The Bertz CT molecular complexity index is 58.4. The lowest BCUT2D eigenvalue weighted by molar-refractivity contribution is 0.351. The zero-order valence-corrected chi connectivity index (χ0v) is 7.52. The molecule has 0 bridgehead atoms. The Kier molecular flexibility index (Phi) is 3.09. The van der Waals surface area contributed by atoms with Crippen molar-refractivity contribution in [2.75, 3.05) is 0 Å². The van der Waals surface area contributed by atoms with Crippen LogP contribution in [0.25, 0.3) is 0 Å². The minimum Gasteiger partial charge on any atom is -0.229 e. The molecule has 0 aliphatic carbocycles. The quantitative estimate of drug-likeness (QED) is 0.631. The first-order chi connectivity index (χ1) is 2.94. The minimum atomic E-state index is -1.51. The molecule has 4 heteroatoms. The normalized spacial score (nSPS) is 23.6. The van der Waals surface area contributed by atoms with E-state index in [-0.39, 0.29) is 0 Å². The summed E-state index contributed by atoms with van der Waals surface area (Å²) in [7, 11) is 0. The molecule has 0 amide bonds. The maximum absolute atomic E-state index is 12.2. The lowest BCUT2D eigenvalue weighted by atomic mass is 10.5. The molecule has 0 aromatic heterocycles. The Morgan fingerprint density at radius 3 is 2.00 bits per heavy atom. The van der Waals surface area contributed by atoms with E-state index in [1.54, 1.807) is 0 Å². The van der Waals surface area contributed by atoms with Crippen molar-refractivity contribution in [2.45, 2.75) is 15.8 Å². The Labute approximate surface area is 63.7 Å². The Morgan fingerprint density at radius 2 is 2.00 bits per heavy atom. The predicted molar refractivity (Wildman–Crippen MR) is 37.0 cm³/mol. The van der Waals surface area contributed by atoms with Crippen LogP contribution in [0.1, 0.15) is 6.92 Å². The molecule has 0 saturated heterocycles. The smallest absolute Gasteiger partial charge is 0.188 e. The minimum absolute atomic E-state index is 0.667. The summed E-state index contributed by atoms with van der Waals surface area (Å²) in [5.41, 5.74) is 0. The molecule has 2 atom stereocenters. The number of rotatable bonds is 1. The zero-order valence-electron chi connectivity index (χ0n) is 3.59. The monoisotopic (exact) mass is 252 g/mol. The first-order valence-corrected chi connectivity index (χ1v) is 3.75. The van der Waals surface area contributed by atoms with Crippen LogP contribution in [0, 0.1) is 0 Å². The number of hydrogen-bond acceptors (Lipinski definition) is 0. The summed E-state index contributed by atoms with van der Waals surface area (Å²) in [5, 5.41) is 0. The average molecular weight is 254 g/mol. The van der Waals surface area contributed by atoms with Gasteiger partial charge in [-0.25, -0.2) is 4.39 Å². The van der Waals surface area contributed by atoms with Crippen LogP contribution in [-0.4, -0.2) is 8.86 Å². The molecule has 0 heterocycles. The van der Waals surface area contributed by atoms with E-state index in [0.717, 1.165) is 0 Å². The van der Waals surface area contributed by atoms with Gasteiger partial charge in [-0.05, 0) is 22.9 Å². The van der Waals surface area contributed by atoms with Crippen molar-refractivity contribution in [3.63, 3.8) is 0 Å². The molecular weight excluding hydrogens is 250 g/mol. The van der Waals surface area contributed by atoms with Crippen molar-refractivity contribution in [1.29, 1.82) is 0 Å². The third kappa shape index (κ3) is 3.74. The second-order valence-electron chi connectivity index (χ2n) is 1.26. The molecule has 44 valence electrons. The maximum Gasteiger partial charge on any atom is 0.188 e. The standard InChI is InChI=1S/C3H4Br2ClF/c1-3(5,7)2(4)6/h2H,1H3/t2-,3-/m1/s1. The summed E-state index contributed by atoms with van der Waals surface area (Å²) in [6.07, 6.45) is 0. The van der Waals surface area contributed by atoms with Gasteiger partial charge in [-0.3, -0.25) is 0 Å². The van der Waals surface area contributed by atoms with E-state index in [4.69, 9.17) is 11.6 Å². The number of alkyl halides is 4. The van der Waals surface area contributed by atoms with Crippen molar-refractivity contribution in [2.24, 2.45) is 0 Å². The van der Waals surface area contributed by atoms with Crippen molar-refractivity contribution in [1.82, 2.24) is 0 Å². The highest BCUT2D eigenvalue weighted by Gasteiger charge is 2.26. The van der Waals surface area contributed by atoms with Gasteiger partial charge in [0.05, 0.1) is 0 Å². The van der Waals surface area contributed by atoms with E-state index in [2.05, 4.69) is 31.9 Å². The van der Waals surface area contributed by atoms with Gasteiger partial charge < -0.3 is 0 Å². The van der Waals surface area contributed by atoms with Crippen LogP contribution in [-0.2, 0) is 0 Å². The molecule has 0 N–H and O–H groups in total. The Morgan fingerprint density at radius 1 is 1.86 bits per heavy atom. The maximum atomic E-state index is 12.2. The molecular formula is C3H4Br2ClF. The lowest BCUT2D eigenvalue weighted by Crippen LogP contribution is -2.15. The summed E-state index contributed by atoms with van der Waals surface area (Å²) in [6, 6.07) is 0. The molecule has 7 heavy (non-hydrogen) atoms. The van der Waals surface area contributed by atoms with Gasteiger partial charge in [0.25, 0.3) is 0 Å². The summed E-state index contributed by atoms with van der Waals surface area (Å²) in [5.74, 6) is 0. The molecule has 0 nitrogen and oxygen atoms in total. The highest BCUT2D eigenvalue weighted by atomic mass is 79.9. The molecule has 0 unspecified atom stereocenters. The molecule has 0 aromatic rings. The van der Waals surface area contributed by atoms with Crippen molar-refractivity contribution < 1.29 is 4.39 Å². The van der Waals surface area contributed by atoms with Crippen LogP contribution in [0.3, 0.4) is 0 Å². The van der Waals surface area contributed by atoms with Crippen LogP contribution in [0.15, 0.2) is 0 Å². The molecule has 0 saturated carbocycles. The molecule has 0 aliphatic rings. The second-order valence-corrected chi connectivity index (χ2v) is 4.69. The number of halogens is 4. The average Bonchev–Trinajstić information content (AvgIpc) is 1.31. The largest absolute Gasteiger partial charge is 0.229 e. The Hall–Kier alpha value is 1.18.